The van der Waals surface area contributed by atoms with Gasteiger partial charge in [-0.25, -0.2) is 4.57 Å². The minimum Gasteiger partial charge on any atom is -0.375 e. The predicted molar refractivity (Wildman–Crippen MR) is 46.1 cm³/mol. The topological polar surface area (TPSA) is 76.0 Å². The van der Waals surface area contributed by atoms with Crippen molar-refractivity contribution in [3.63, 3.8) is 0 Å². The summed E-state index contributed by atoms with van der Waals surface area (Å²) in [5.41, 5.74) is 0. The molecule has 13 heavy (non-hydrogen) atoms. The molecule has 0 saturated carbocycles. The van der Waals surface area contributed by atoms with E-state index in [2.05, 4.69) is 4.52 Å². The second-order valence-corrected chi connectivity index (χ2v) is 4.47. The fourth-order valence-electron chi connectivity index (χ4n) is 1.44. The van der Waals surface area contributed by atoms with E-state index in [1.54, 1.807) is 0 Å². The highest BCUT2D eigenvalue weighted by molar-refractivity contribution is 7.46. The van der Waals surface area contributed by atoms with Crippen molar-refractivity contribution in [3.05, 3.63) is 0 Å². The number of hydrogen-bond donors (Lipinski definition) is 2. The first-order valence-corrected chi connectivity index (χ1v) is 5.64. The Morgan fingerprint density at radius 2 is 2.38 bits per heavy atom. The molecule has 1 aliphatic heterocycles. The van der Waals surface area contributed by atoms with Gasteiger partial charge in [-0.05, 0) is 19.3 Å². The maximum atomic E-state index is 10.6. The molecule has 0 amide bonds. The summed E-state index contributed by atoms with van der Waals surface area (Å²) >= 11 is 0. The molecule has 0 radical (unpaired) electrons. The zero-order valence-corrected chi connectivity index (χ0v) is 8.48. The van der Waals surface area contributed by atoms with Crippen LogP contribution in [0.25, 0.3) is 0 Å². The Kier molecular flexibility index (Phi) is 3.01. The molecule has 0 unspecified atom stereocenters. The van der Waals surface area contributed by atoms with Crippen molar-refractivity contribution in [3.8, 4) is 0 Å². The average Bonchev–Trinajstić information content (AvgIpc) is 2.26. The summed E-state index contributed by atoms with van der Waals surface area (Å²) in [5.74, 6) is 0.0825. The van der Waals surface area contributed by atoms with Crippen LogP contribution in [0.1, 0.15) is 21.6 Å². The number of rotatable bonds is 3. The van der Waals surface area contributed by atoms with Gasteiger partial charge in [0.15, 0.2) is 0 Å². The third kappa shape index (κ3) is 3.37. The summed E-state index contributed by atoms with van der Waals surface area (Å²) < 4.78 is 27.6. The summed E-state index contributed by atoms with van der Waals surface area (Å²) in [6, 6.07) is 0. The molecule has 78 valence electrons. The molecule has 0 aromatic heterocycles. The van der Waals surface area contributed by atoms with Crippen LogP contribution in [0.15, 0.2) is 0 Å². The van der Waals surface area contributed by atoms with Crippen LogP contribution >= 0.6 is 7.82 Å². The molecule has 1 rings (SSSR count). The molecular formula is C7H15O5P. The summed E-state index contributed by atoms with van der Waals surface area (Å²) in [6.07, 6.45) is -0.536. The van der Waals surface area contributed by atoms with Crippen molar-refractivity contribution < 1.29 is 25.0 Å². The summed E-state index contributed by atoms with van der Waals surface area (Å²) in [5, 5.41) is 0. The molecule has 0 aromatic carbocycles. The highest BCUT2D eigenvalue weighted by atomic mass is 31.2. The largest absolute Gasteiger partial charge is 0.469 e. The molecule has 0 aromatic rings. The third-order valence-corrected chi connectivity index (χ3v) is 2.66. The van der Waals surface area contributed by atoms with Crippen molar-refractivity contribution in [2.45, 2.75) is 32.5 Å². The van der Waals surface area contributed by atoms with E-state index < -0.39 is 26.6 Å². The zero-order chi connectivity index (χ0) is 10.9. The van der Waals surface area contributed by atoms with E-state index in [9.17, 15) is 4.57 Å². The van der Waals surface area contributed by atoms with Gasteiger partial charge in [0.1, 0.15) is 0 Å². The first-order chi connectivity index (χ1) is 6.29. The third-order valence-electron chi connectivity index (χ3n) is 2.05. The van der Waals surface area contributed by atoms with E-state index in [1.165, 1.54) is 6.92 Å². The molecule has 5 nitrogen and oxygen atoms in total. The highest BCUT2D eigenvalue weighted by Gasteiger charge is 2.33. The van der Waals surface area contributed by atoms with Gasteiger partial charge >= 0.3 is 7.82 Å². The van der Waals surface area contributed by atoms with Crippen LogP contribution in [0, 0.1) is 5.92 Å². The van der Waals surface area contributed by atoms with Gasteiger partial charge in [0, 0.05) is 6.58 Å². The lowest BCUT2D eigenvalue weighted by atomic mass is 10.0. The second-order valence-electron chi connectivity index (χ2n) is 3.28. The fraction of sp³-hybridized carbons (Fsp3) is 1.00. The molecule has 1 heterocycles. The van der Waals surface area contributed by atoms with Gasteiger partial charge in [-0.3, -0.25) is 4.52 Å². The Bertz CT molecular complexity index is 242. The highest BCUT2D eigenvalue weighted by Crippen LogP contribution is 2.40. The van der Waals surface area contributed by atoms with Crippen LogP contribution in [0.4, 0.5) is 0 Å². The number of phosphoric acid groups is 1. The van der Waals surface area contributed by atoms with E-state index in [-0.39, 0.29) is 5.92 Å². The normalized spacial score (nSPS) is 38.8. The maximum absolute atomic E-state index is 10.6. The van der Waals surface area contributed by atoms with E-state index in [1.807, 2.05) is 6.92 Å². The van der Waals surface area contributed by atoms with Gasteiger partial charge in [0.05, 0.1) is 13.6 Å². The quantitative estimate of drug-likeness (QED) is 0.680. The van der Waals surface area contributed by atoms with Crippen molar-refractivity contribution in [2.24, 2.45) is 5.92 Å². The molecule has 2 N–H and O–H groups in total. The lowest BCUT2D eigenvalue weighted by Gasteiger charge is -2.22. The Balaban J connectivity index is 2.53. The molecule has 0 spiro atoms. The molecular weight excluding hydrogens is 195 g/mol. The predicted octanol–water partition coefficient (Wildman–Crippen LogP) is 0.909. The Morgan fingerprint density at radius 1 is 1.77 bits per heavy atom. The zero-order valence-electron chi connectivity index (χ0n) is 8.58. The van der Waals surface area contributed by atoms with Crippen LogP contribution in [0.3, 0.4) is 0 Å². The van der Waals surface area contributed by atoms with E-state index >= 15 is 0 Å². The van der Waals surface area contributed by atoms with Crippen LogP contribution < -0.4 is 0 Å². The maximum Gasteiger partial charge on any atom is 0.469 e. The van der Waals surface area contributed by atoms with Crippen molar-refractivity contribution in [1.82, 2.24) is 0 Å². The van der Waals surface area contributed by atoms with Crippen molar-refractivity contribution in [1.29, 1.82) is 0 Å². The van der Waals surface area contributed by atoms with Crippen LogP contribution in [0.2, 0.25) is 0 Å². The average molecular weight is 212 g/mol. The number of ether oxygens (including phenoxy) is 1. The van der Waals surface area contributed by atoms with Crippen molar-refractivity contribution in [2.75, 3.05) is 6.58 Å². The molecule has 0 bridgehead atoms. The first-order valence-electron chi connectivity index (χ1n) is 4.69. The molecule has 1 fully saturated rings. The van der Waals surface area contributed by atoms with Gasteiger partial charge in [-0.15, -0.1) is 0 Å². The molecule has 4 atom stereocenters. The number of phosphoric ester groups is 1. The van der Waals surface area contributed by atoms with Gasteiger partial charge in [-0.1, -0.05) is 6.92 Å². The van der Waals surface area contributed by atoms with E-state index in [0.29, 0.717) is 6.42 Å². The number of hydrogen-bond acceptors (Lipinski definition) is 3. The summed E-state index contributed by atoms with van der Waals surface area (Å²) in [7, 11) is -4.46. The Labute approximate surface area is 78.7 Å². The minimum atomic E-state index is -4.46. The van der Waals surface area contributed by atoms with Gasteiger partial charge in [0.25, 0.3) is 0 Å². The standard InChI is InChI=1S/C7H15O5P/c1-5-3-4-11-7(5)6(2)12-13(8,9)10/h5-7H,3-4H2,1-2H3,(H2,8,9,10)/t5-,6-,7-/m0/s1/i4T/t4-,5-,6-,7-. The van der Waals surface area contributed by atoms with Crippen LogP contribution in [-0.2, 0) is 13.8 Å². The van der Waals surface area contributed by atoms with Crippen LogP contribution in [-0.4, -0.2) is 28.6 Å². The summed E-state index contributed by atoms with van der Waals surface area (Å²) in [4.78, 5) is 17.2. The Hall–Kier alpha value is 0.0700. The van der Waals surface area contributed by atoms with Crippen LogP contribution in [0.5, 0.6) is 0 Å². The van der Waals surface area contributed by atoms with E-state index in [4.69, 9.17) is 15.9 Å². The first kappa shape index (κ1) is 9.62. The lowest BCUT2D eigenvalue weighted by molar-refractivity contribution is -0.00684. The second kappa shape index (κ2) is 4.07. The lowest BCUT2D eigenvalue weighted by Crippen LogP contribution is -2.29. The molecule has 6 heteroatoms. The van der Waals surface area contributed by atoms with Gasteiger partial charge < -0.3 is 14.5 Å². The van der Waals surface area contributed by atoms with E-state index in [0.717, 1.165) is 0 Å². The minimum absolute atomic E-state index is 0.0825. The molecule has 1 aliphatic rings. The van der Waals surface area contributed by atoms with Gasteiger partial charge in [-0.2, -0.15) is 0 Å². The van der Waals surface area contributed by atoms with Crippen molar-refractivity contribution >= 4 is 7.82 Å². The monoisotopic (exact) mass is 212 g/mol. The smallest absolute Gasteiger partial charge is 0.375 e. The molecule has 0 aliphatic carbocycles. The SMILES string of the molecule is [3H][C@H]1C[C@H](C)[C@@H]([C@H](C)OP(=O)(O)O)O1. The Morgan fingerprint density at radius 3 is 2.77 bits per heavy atom. The van der Waals surface area contributed by atoms with Gasteiger partial charge in [0.2, 0.25) is 0 Å². The summed E-state index contributed by atoms with van der Waals surface area (Å²) in [6.45, 7) is 2.80. The molecule has 1 saturated heterocycles. The fourth-order valence-corrected chi connectivity index (χ4v) is 1.99.